The van der Waals surface area contributed by atoms with E-state index >= 15 is 0 Å². The number of thiazole rings is 1. The third-order valence-corrected chi connectivity index (χ3v) is 8.34. The van der Waals surface area contributed by atoms with Gasteiger partial charge < -0.3 is 19.7 Å². The van der Waals surface area contributed by atoms with Gasteiger partial charge in [0.2, 0.25) is 0 Å². The Bertz CT molecular complexity index is 1800. The predicted octanol–water partition coefficient (Wildman–Crippen LogP) is 4.74. The maximum absolute atomic E-state index is 14.1. The number of para-hydroxylation sites is 1. The lowest BCUT2D eigenvalue weighted by Crippen LogP contribution is -2.40. The van der Waals surface area contributed by atoms with E-state index in [2.05, 4.69) is 24.1 Å². The second-order valence-corrected chi connectivity index (χ2v) is 10.8. The minimum Gasteiger partial charge on any atom is -0.497 e. The first kappa shape index (κ1) is 28.9. The van der Waals surface area contributed by atoms with Crippen molar-refractivity contribution in [2.45, 2.75) is 26.8 Å². The minimum absolute atomic E-state index is 0.230. The number of methoxy groups -OCH3 is 2. The Morgan fingerprint density at radius 2 is 1.74 bits per heavy atom. The van der Waals surface area contributed by atoms with Gasteiger partial charge in [-0.25, -0.2) is 4.99 Å². The molecule has 0 unspecified atom stereocenters. The van der Waals surface area contributed by atoms with Gasteiger partial charge >= 0.3 is 0 Å². The van der Waals surface area contributed by atoms with Gasteiger partial charge in [0.15, 0.2) is 4.80 Å². The van der Waals surface area contributed by atoms with Gasteiger partial charge in [-0.05, 0) is 68.8 Å². The van der Waals surface area contributed by atoms with Crippen LogP contribution in [0.25, 0.3) is 6.08 Å². The second kappa shape index (κ2) is 12.5. The van der Waals surface area contributed by atoms with Crippen LogP contribution >= 0.6 is 11.3 Å². The summed E-state index contributed by atoms with van der Waals surface area (Å²) in [6, 6.07) is 22.0. The second-order valence-electron chi connectivity index (χ2n) is 9.77. The van der Waals surface area contributed by atoms with Crippen molar-refractivity contribution in [2.75, 3.05) is 37.5 Å². The summed E-state index contributed by atoms with van der Waals surface area (Å²) in [4.78, 5) is 35.3. The Balaban J connectivity index is 1.64. The number of carbonyl (C=O) groups is 1. The Kier molecular flexibility index (Phi) is 8.59. The number of rotatable bonds is 9. The van der Waals surface area contributed by atoms with Crippen molar-refractivity contribution in [3.8, 4) is 11.5 Å². The topological polar surface area (TPSA) is 85.2 Å². The summed E-state index contributed by atoms with van der Waals surface area (Å²) in [6.45, 7) is 7.79. The number of hydrogen-bond acceptors (Lipinski definition) is 7. The molecule has 3 aromatic carbocycles. The van der Waals surface area contributed by atoms with Crippen molar-refractivity contribution >= 4 is 34.7 Å². The highest BCUT2D eigenvalue weighted by Gasteiger charge is 2.32. The average molecular weight is 583 g/mol. The fourth-order valence-corrected chi connectivity index (χ4v) is 6.22. The lowest BCUT2D eigenvalue weighted by Gasteiger charge is -2.25. The molecule has 9 heteroatoms. The monoisotopic (exact) mass is 582 g/mol. The highest BCUT2D eigenvalue weighted by Crippen LogP contribution is 2.32. The van der Waals surface area contributed by atoms with E-state index in [-0.39, 0.29) is 11.5 Å². The summed E-state index contributed by atoms with van der Waals surface area (Å²) in [5, 5.41) is 2.98. The van der Waals surface area contributed by atoms with E-state index in [1.165, 1.54) is 11.3 Å². The molecule has 1 aliphatic rings. The number of ether oxygens (including phenoxy) is 2. The van der Waals surface area contributed by atoms with Gasteiger partial charge in [0, 0.05) is 36.1 Å². The van der Waals surface area contributed by atoms with Crippen molar-refractivity contribution in [1.29, 1.82) is 0 Å². The molecule has 0 saturated heterocycles. The largest absolute Gasteiger partial charge is 0.497 e. The van der Waals surface area contributed by atoms with Gasteiger partial charge in [0.25, 0.3) is 11.5 Å². The molecule has 0 radical (unpaired) electrons. The minimum atomic E-state index is -0.676. The van der Waals surface area contributed by atoms with Crippen LogP contribution in [-0.4, -0.2) is 37.8 Å². The molecule has 1 atom stereocenters. The van der Waals surface area contributed by atoms with E-state index in [1.54, 1.807) is 18.8 Å². The molecule has 1 amide bonds. The summed E-state index contributed by atoms with van der Waals surface area (Å²) < 4.78 is 13.2. The molecular formula is C33H34N4O4S. The van der Waals surface area contributed by atoms with Crippen molar-refractivity contribution < 1.29 is 14.3 Å². The molecule has 0 spiro atoms. The van der Waals surface area contributed by atoms with E-state index < -0.39 is 6.04 Å². The molecule has 0 aliphatic carbocycles. The molecule has 2 heterocycles. The highest BCUT2D eigenvalue weighted by molar-refractivity contribution is 7.07. The first-order chi connectivity index (χ1) is 20.4. The van der Waals surface area contributed by atoms with Crippen LogP contribution < -0.4 is 34.6 Å². The third kappa shape index (κ3) is 5.60. The van der Waals surface area contributed by atoms with Gasteiger partial charge in [-0.15, -0.1) is 0 Å². The summed E-state index contributed by atoms with van der Waals surface area (Å²) in [5.74, 6) is 1.05. The highest BCUT2D eigenvalue weighted by atomic mass is 32.1. The first-order valence-corrected chi connectivity index (χ1v) is 14.7. The van der Waals surface area contributed by atoms with Crippen LogP contribution in [0.3, 0.4) is 0 Å². The van der Waals surface area contributed by atoms with Gasteiger partial charge in [0.1, 0.15) is 11.5 Å². The van der Waals surface area contributed by atoms with E-state index in [9.17, 15) is 9.59 Å². The lowest BCUT2D eigenvalue weighted by atomic mass is 9.95. The number of nitrogens with zero attached hydrogens (tertiary/aromatic N) is 3. The molecule has 0 fully saturated rings. The van der Waals surface area contributed by atoms with Crippen LogP contribution in [0.15, 0.2) is 93.9 Å². The fourth-order valence-electron chi connectivity index (χ4n) is 5.18. The molecule has 8 nitrogen and oxygen atoms in total. The molecule has 1 aromatic heterocycles. The average Bonchev–Trinajstić information content (AvgIpc) is 3.31. The number of amides is 1. The Hall–Kier alpha value is -4.63. The Morgan fingerprint density at radius 3 is 2.38 bits per heavy atom. The molecule has 1 aliphatic heterocycles. The maximum Gasteiger partial charge on any atom is 0.271 e. The molecule has 0 saturated carbocycles. The van der Waals surface area contributed by atoms with E-state index in [1.807, 2.05) is 85.8 Å². The Morgan fingerprint density at radius 1 is 1.02 bits per heavy atom. The molecule has 216 valence electrons. The lowest BCUT2D eigenvalue weighted by molar-refractivity contribution is -0.113. The first-order valence-electron chi connectivity index (χ1n) is 13.8. The van der Waals surface area contributed by atoms with Crippen LogP contribution in [0, 0.1) is 0 Å². The van der Waals surface area contributed by atoms with Crippen molar-refractivity contribution in [3.63, 3.8) is 0 Å². The zero-order valence-electron chi connectivity index (χ0n) is 24.4. The molecule has 5 rings (SSSR count). The number of allylic oxidation sites excluding steroid dienone is 1. The molecule has 4 aromatic rings. The summed E-state index contributed by atoms with van der Waals surface area (Å²) >= 11 is 1.29. The van der Waals surface area contributed by atoms with Crippen LogP contribution in [0.2, 0.25) is 0 Å². The van der Waals surface area contributed by atoms with E-state index in [0.717, 1.165) is 29.9 Å². The zero-order chi connectivity index (χ0) is 29.8. The maximum atomic E-state index is 14.1. The van der Waals surface area contributed by atoms with E-state index in [0.29, 0.717) is 37.8 Å². The standard InChI is InChI=1S/C33H34N4O4S/c1-6-36(7-2)25-16-13-23(27(20-25)41-5)19-28-32(39)37-30(22-14-17-26(40-4)18-15-22)29(21(3)34-33(37)42-28)31(38)35-24-11-9-8-10-12-24/h8-20,30H,6-7H2,1-5H3,(H,35,38)/b28-19+/t30-/m0/s1. The van der Waals surface area contributed by atoms with Crippen LogP contribution in [0.4, 0.5) is 11.4 Å². The van der Waals surface area contributed by atoms with Crippen LogP contribution in [0.1, 0.15) is 37.9 Å². The summed E-state index contributed by atoms with van der Waals surface area (Å²) in [7, 11) is 3.23. The summed E-state index contributed by atoms with van der Waals surface area (Å²) in [6.07, 6.45) is 1.84. The smallest absolute Gasteiger partial charge is 0.271 e. The van der Waals surface area contributed by atoms with Crippen molar-refractivity contribution in [3.05, 3.63) is 115 Å². The molecule has 42 heavy (non-hydrogen) atoms. The number of nitrogens with one attached hydrogen (secondary N) is 1. The number of hydrogen-bond donors (Lipinski definition) is 1. The number of benzene rings is 3. The quantitative estimate of drug-likeness (QED) is 0.308. The van der Waals surface area contributed by atoms with E-state index in [4.69, 9.17) is 14.5 Å². The number of anilines is 2. The number of carbonyl (C=O) groups excluding carboxylic acids is 1. The summed E-state index contributed by atoms with van der Waals surface area (Å²) in [5.41, 5.74) is 4.01. The van der Waals surface area contributed by atoms with Crippen LogP contribution in [0.5, 0.6) is 11.5 Å². The van der Waals surface area contributed by atoms with Crippen molar-refractivity contribution in [1.82, 2.24) is 4.57 Å². The zero-order valence-corrected chi connectivity index (χ0v) is 25.2. The van der Waals surface area contributed by atoms with Crippen LogP contribution in [-0.2, 0) is 4.79 Å². The van der Waals surface area contributed by atoms with Crippen molar-refractivity contribution in [2.24, 2.45) is 4.99 Å². The SMILES string of the molecule is CCN(CC)c1ccc(/C=c2/sc3n(c2=O)[C@@H](c2ccc(OC)cc2)C(C(=O)Nc2ccccc2)=C(C)N=3)c(OC)c1. The molecule has 0 bridgehead atoms. The predicted molar refractivity (Wildman–Crippen MR) is 168 cm³/mol. The molecule has 1 N–H and O–H groups in total. The normalized spacial score (nSPS) is 14.7. The van der Waals surface area contributed by atoms with Gasteiger partial charge in [-0.3, -0.25) is 14.2 Å². The van der Waals surface area contributed by atoms with Gasteiger partial charge in [0.05, 0.1) is 36.1 Å². The Labute approximate surface area is 248 Å². The third-order valence-electron chi connectivity index (χ3n) is 7.36. The fraction of sp³-hybridized carbons (Fsp3) is 0.242. The number of aromatic nitrogens is 1. The van der Waals surface area contributed by atoms with Gasteiger partial charge in [-0.1, -0.05) is 41.7 Å². The molecular weight excluding hydrogens is 548 g/mol. The van der Waals surface area contributed by atoms with Gasteiger partial charge in [-0.2, -0.15) is 0 Å². The number of fused-ring (bicyclic) bond motifs is 1.